The first kappa shape index (κ1) is 20.1. The quantitative estimate of drug-likeness (QED) is 0.782. The summed E-state index contributed by atoms with van der Waals surface area (Å²) in [6, 6.07) is 9.92. The van der Waals surface area contributed by atoms with E-state index in [4.69, 9.17) is 0 Å². The van der Waals surface area contributed by atoms with Crippen LogP contribution in [0.25, 0.3) is 6.08 Å². The highest BCUT2D eigenvalue weighted by Gasteiger charge is 2.19. The molecule has 1 atom stereocenters. The molecule has 1 fully saturated rings. The lowest BCUT2D eigenvalue weighted by molar-refractivity contribution is -0.121. The van der Waals surface area contributed by atoms with Crippen molar-refractivity contribution in [3.63, 3.8) is 0 Å². The Hall–Kier alpha value is -2.18. The van der Waals surface area contributed by atoms with Crippen LogP contribution in [0.15, 0.2) is 36.4 Å². The summed E-state index contributed by atoms with van der Waals surface area (Å²) in [5.41, 5.74) is 1.21. The maximum absolute atomic E-state index is 12.0. The lowest BCUT2D eigenvalue weighted by atomic mass is 10.2. The molecule has 3 amide bonds. The average Bonchev–Trinajstić information content (AvgIpc) is 2.63. The Labute approximate surface area is 156 Å². The van der Waals surface area contributed by atoms with Gasteiger partial charge in [-0.05, 0) is 18.9 Å². The number of urea groups is 1. The molecule has 2 rings (SSSR count). The van der Waals surface area contributed by atoms with E-state index in [-0.39, 0.29) is 18.5 Å². The van der Waals surface area contributed by atoms with Gasteiger partial charge in [-0.25, -0.2) is 4.79 Å². The summed E-state index contributed by atoms with van der Waals surface area (Å²) in [4.78, 5) is 28.1. The second kappa shape index (κ2) is 10.7. The number of carbonyl (C=O) groups is 2. The molecule has 0 spiro atoms. The molecule has 0 radical (unpaired) electrons. The molecule has 0 aliphatic carbocycles. The molecule has 0 saturated carbocycles. The van der Waals surface area contributed by atoms with Gasteiger partial charge in [0.1, 0.15) is 0 Å². The number of nitrogens with zero attached hydrogens (tertiary/aromatic N) is 2. The van der Waals surface area contributed by atoms with Gasteiger partial charge in [0.2, 0.25) is 5.91 Å². The van der Waals surface area contributed by atoms with Crippen molar-refractivity contribution in [3.8, 4) is 0 Å². The third-order valence-corrected chi connectivity index (χ3v) is 4.55. The lowest BCUT2D eigenvalue weighted by Crippen LogP contribution is -2.51. The number of rotatable bonds is 7. The summed E-state index contributed by atoms with van der Waals surface area (Å²) in [6.07, 6.45) is 5.15. The molecule has 2 N–H and O–H groups in total. The van der Waals surface area contributed by atoms with E-state index < -0.39 is 6.03 Å². The van der Waals surface area contributed by atoms with Gasteiger partial charge in [0.25, 0.3) is 0 Å². The van der Waals surface area contributed by atoms with Crippen molar-refractivity contribution in [1.82, 2.24) is 20.4 Å². The molecule has 0 aromatic heterocycles. The fourth-order valence-electron chi connectivity index (χ4n) is 2.76. The molecule has 0 bridgehead atoms. The standard InChI is InChI=1S/C20H30N4O2/c1-3-17(2)21-20(26)22-19(25)16-24-14-12-23(13-15-24)11-7-10-18-8-5-4-6-9-18/h4-10,17H,3,11-16H2,1-2H3,(H2,21,22,25,26)/b10-7+/t17-/m0/s1. The fraction of sp³-hybridized carbons (Fsp3) is 0.500. The summed E-state index contributed by atoms with van der Waals surface area (Å²) in [7, 11) is 0. The summed E-state index contributed by atoms with van der Waals surface area (Å²) in [5.74, 6) is -0.247. The third kappa shape index (κ3) is 7.37. The summed E-state index contributed by atoms with van der Waals surface area (Å²) in [6.45, 7) is 8.58. The van der Waals surface area contributed by atoms with Crippen molar-refractivity contribution in [2.24, 2.45) is 0 Å². The van der Waals surface area contributed by atoms with E-state index in [1.54, 1.807) is 0 Å². The molecule has 1 saturated heterocycles. The topological polar surface area (TPSA) is 64.7 Å². The number of amides is 3. The van der Waals surface area contributed by atoms with Gasteiger partial charge in [-0.3, -0.25) is 19.9 Å². The van der Waals surface area contributed by atoms with Crippen LogP contribution >= 0.6 is 0 Å². The highest BCUT2D eigenvalue weighted by Crippen LogP contribution is 2.04. The Morgan fingerprint density at radius 3 is 2.42 bits per heavy atom. The normalized spacial score (nSPS) is 17.2. The molecule has 1 aliphatic heterocycles. The summed E-state index contributed by atoms with van der Waals surface area (Å²) >= 11 is 0. The van der Waals surface area contributed by atoms with Gasteiger partial charge >= 0.3 is 6.03 Å². The van der Waals surface area contributed by atoms with Gasteiger partial charge in [-0.2, -0.15) is 0 Å². The smallest absolute Gasteiger partial charge is 0.321 e. The summed E-state index contributed by atoms with van der Waals surface area (Å²) in [5, 5.41) is 5.14. The number of piperazine rings is 1. The van der Waals surface area contributed by atoms with Crippen molar-refractivity contribution < 1.29 is 9.59 Å². The van der Waals surface area contributed by atoms with Crippen LogP contribution in [0.4, 0.5) is 4.79 Å². The van der Waals surface area contributed by atoms with E-state index >= 15 is 0 Å². The molecule has 1 aromatic carbocycles. The SMILES string of the molecule is CC[C@H](C)NC(=O)NC(=O)CN1CCN(C/C=C/c2ccccc2)CC1. The molecule has 1 aromatic rings. The van der Waals surface area contributed by atoms with Gasteiger partial charge in [-0.1, -0.05) is 49.4 Å². The monoisotopic (exact) mass is 358 g/mol. The number of imide groups is 1. The van der Waals surface area contributed by atoms with Gasteiger partial charge < -0.3 is 5.32 Å². The first-order valence-electron chi connectivity index (χ1n) is 9.33. The third-order valence-electron chi connectivity index (χ3n) is 4.55. The predicted octanol–water partition coefficient (Wildman–Crippen LogP) is 1.94. The second-order valence-electron chi connectivity index (χ2n) is 6.72. The Morgan fingerprint density at radius 1 is 1.12 bits per heavy atom. The van der Waals surface area contributed by atoms with Crippen LogP contribution in [0, 0.1) is 0 Å². The van der Waals surface area contributed by atoms with Gasteiger partial charge in [0.05, 0.1) is 6.54 Å². The number of hydrogen-bond acceptors (Lipinski definition) is 4. The minimum absolute atomic E-state index is 0.0651. The zero-order valence-electron chi connectivity index (χ0n) is 15.8. The maximum atomic E-state index is 12.0. The van der Waals surface area contributed by atoms with Crippen LogP contribution in [0.3, 0.4) is 0 Å². The van der Waals surface area contributed by atoms with Crippen LogP contribution < -0.4 is 10.6 Å². The lowest BCUT2D eigenvalue weighted by Gasteiger charge is -2.33. The zero-order chi connectivity index (χ0) is 18.8. The molecular formula is C20H30N4O2. The van der Waals surface area contributed by atoms with Crippen LogP contribution in [-0.2, 0) is 4.79 Å². The van der Waals surface area contributed by atoms with Crippen molar-refractivity contribution >= 4 is 18.0 Å². The van der Waals surface area contributed by atoms with Crippen LogP contribution in [-0.4, -0.2) is 67.0 Å². The first-order valence-corrected chi connectivity index (χ1v) is 9.33. The molecule has 1 aliphatic rings. The van der Waals surface area contributed by atoms with Crippen molar-refractivity contribution in [2.75, 3.05) is 39.3 Å². The minimum Gasteiger partial charge on any atom is -0.335 e. The number of carbonyl (C=O) groups excluding carboxylic acids is 2. The van der Waals surface area contributed by atoms with E-state index in [2.05, 4.69) is 44.7 Å². The largest absolute Gasteiger partial charge is 0.335 e. The zero-order valence-corrected chi connectivity index (χ0v) is 15.8. The number of benzene rings is 1. The highest BCUT2D eigenvalue weighted by molar-refractivity contribution is 5.95. The molecular weight excluding hydrogens is 328 g/mol. The van der Waals surface area contributed by atoms with Crippen molar-refractivity contribution in [2.45, 2.75) is 26.3 Å². The van der Waals surface area contributed by atoms with E-state index in [9.17, 15) is 9.59 Å². The molecule has 1 heterocycles. The Bertz CT molecular complexity index is 595. The molecule has 142 valence electrons. The Balaban J connectivity index is 1.64. The van der Waals surface area contributed by atoms with Gasteiger partial charge in [0.15, 0.2) is 0 Å². The number of hydrogen-bond donors (Lipinski definition) is 2. The second-order valence-corrected chi connectivity index (χ2v) is 6.72. The number of nitrogens with one attached hydrogen (secondary N) is 2. The molecule has 6 heteroatoms. The average molecular weight is 358 g/mol. The summed E-state index contributed by atoms with van der Waals surface area (Å²) < 4.78 is 0. The maximum Gasteiger partial charge on any atom is 0.321 e. The van der Waals surface area contributed by atoms with E-state index in [1.807, 2.05) is 32.0 Å². The van der Waals surface area contributed by atoms with E-state index in [0.717, 1.165) is 39.1 Å². The Kier molecular flexibility index (Phi) is 8.31. The van der Waals surface area contributed by atoms with Crippen LogP contribution in [0.2, 0.25) is 0 Å². The minimum atomic E-state index is -0.408. The Morgan fingerprint density at radius 2 is 1.77 bits per heavy atom. The molecule has 26 heavy (non-hydrogen) atoms. The van der Waals surface area contributed by atoms with Crippen molar-refractivity contribution in [1.29, 1.82) is 0 Å². The predicted molar refractivity (Wildman–Crippen MR) is 105 cm³/mol. The van der Waals surface area contributed by atoms with E-state index in [0.29, 0.717) is 0 Å². The molecule has 0 unspecified atom stereocenters. The fourth-order valence-corrected chi connectivity index (χ4v) is 2.76. The first-order chi connectivity index (χ1) is 12.6. The van der Waals surface area contributed by atoms with E-state index in [1.165, 1.54) is 5.56 Å². The highest BCUT2D eigenvalue weighted by atomic mass is 16.2. The van der Waals surface area contributed by atoms with Gasteiger partial charge in [0, 0.05) is 38.8 Å². The van der Waals surface area contributed by atoms with Crippen LogP contribution in [0.5, 0.6) is 0 Å². The van der Waals surface area contributed by atoms with Gasteiger partial charge in [-0.15, -0.1) is 0 Å². The van der Waals surface area contributed by atoms with Crippen LogP contribution in [0.1, 0.15) is 25.8 Å². The van der Waals surface area contributed by atoms with Crippen molar-refractivity contribution in [3.05, 3.63) is 42.0 Å². The molecule has 6 nitrogen and oxygen atoms in total.